The number of hydrogen-bond donors (Lipinski definition) is 1. The van der Waals surface area contributed by atoms with Gasteiger partial charge in [0.15, 0.2) is 0 Å². The van der Waals surface area contributed by atoms with E-state index in [-0.39, 0.29) is 5.70 Å². The molecule has 1 rings (SSSR count). The van der Waals surface area contributed by atoms with Gasteiger partial charge in [-0.2, -0.15) is 0 Å². The van der Waals surface area contributed by atoms with E-state index in [0.29, 0.717) is 6.42 Å². The molecule has 0 saturated carbocycles. The van der Waals surface area contributed by atoms with Gasteiger partial charge in [0.25, 0.3) is 0 Å². The average Bonchev–Trinajstić information content (AvgIpc) is 2.26. The van der Waals surface area contributed by atoms with Crippen LogP contribution in [0.5, 0.6) is 0 Å². The fraction of sp³-hybridized carbons (Fsp3) is 0.182. The molecule has 14 heavy (non-hydrogen) atoms. The highest BCUT2D eigenvalue weighted by atomic mass is 16.5. The lowest BCUT2D eigenvalue weighted by Crippen LogP contribution is -2.12. The second-order valence-electron chi connectivity index (χ2n) is 2.84. The first-order chi connectivity index (χ1) is 6.74. The third-order valence-corrected chi connectivity index (χ3v) is 1.82. The number of carbonyl (C=O) groups is 1. The third-order valence-electron chi connectivity index (χ3n) is 1.82. The maximum absolute atomic E-state index is 10.9. The maximum Gasteiger partial charge on any atom is 0.353 e. The zero-order chi connectivity index (χ0) is 10.4. The average molecular weight is 191 g/mol. The molecule has 74 valence electrons. The van der Waals surface area contributed by atoms with Crippen molar-refractivity contribution in [1.82, 2.24) is 0 Å². The van der Waals surface area contributed by atoms with E-state index in [9.17, 15) is 4.79 Å². The van der Waals surface area contributed by atoms with Crippen LogP contribution in [-0.2, 0) is 16.0 Å². The summed E-state index contributed by atoms with van der Waals surface area (Å²) in [6.07, 6.45) is 2.29. The Labute approximate surface area is 83.2 Å². The predicted octanol–water partition coefficient (Wildman–Crippen LogP) is 1.24. The van der Waals surface area contributed by atoms with Crippen molar-refractivity contribution in [3.05, 3.63) is 47.7 Å². The first kappa shape index (κ1) is 10.3. The molecule has 0 fully saturated rings. The molecule has 0 radical (unpaired) electrons. The van der Waals surface area contributed by atoms with Crippen molar-refractivity contribution in [2.45, 2.75) is 6.42 Å². The fourth-order valence-electron chi connectivity index (χ4n) is 1.04. The van der Waals surface area contributed by atoms with Crippen molar-refractivity contribution in [2.75, 3.05) is 7.11 Å². The molecule has 0 aromatic heterocycles. The maximum atomic E-state index is 10.9. The Balaban J connectivity index is 2.59. The lowest BCUT2D eigenvalue weighted by atomic mass is 10.1. The zero-order valence-corrected chi connectivity index (χ0v) is 8.07. The molecule has 1 aromatic carbocycles. The molecule has 0 aliphatic heterocycles. The SMILES string of the molecule is COC(=O)C(N)=CCc1ccccc1. The molecule has 0 aliphatic carbocycles. The lowest BCUT2D eigenvalue weighted by molar-refractivity contribution is -0.136. The van der Waals surface area contributed by atoms with Gasteiger partial charge in [-0.25, -0.2) is 4.79 Å². The van der Waals surface area contributed by atoms with Crippen molar-refractivity contribution >= 4 is 5.97 Å². The van der Waals surface area contributed by atoms with Crippen LogP contribution in [0.3, 0.4) is 0 Å². The van der Waals surface area contributed by atoms with Crippen LogP contribution in [0, 0.1) is 0 Å². The van der Waals surface area contributed by atoms with Gasteiger partial charge in [-0.1, -0.05) is 30.3 Å². The first-order valence-electron chi connectivity index (χ1n) is 4.32. The van der Waals surface area contributed by atoms with E-state index in [4.69, 9.17) is 5.73 Å². The van der Waals surface area contributed by atoms with E-state index >= 15 is 0 Å². The molecule has 0 amide bonds. The van der Waals surface area contributed by atoms with Gasteiger partial charge in [-0.05, 0) is 18.1 Å². The monoisotopic (exact) mass is 191 g/mol. The number of benzene rings is 1. The Morgan fingerprint density at radius 3 is 2.64 bits per heavy atom. The molecular weight excluding hydrogens is 178 g/mol. The van der Waals surface area contributed by atoms with Crippen LogP contribution in [-0.4, -0.2) is 13.1 Å². The number of hydrogen-bond acceptors (Lipinski definition) is 3. The van der Waals surface area contributed by atoms with E-state index < -0.39 is 5.97 Å². The normalized spacial score (nSPS) is 11.1. The quantitative estimate of drug-likeness (QED) is 0.577. The highest BCUT2D eigenvalue weighted by molar-refractivity contribution is 5.87. The molecule has 0 bridgehead atoms. The molecular formula is C11H13NO2. The number of esters is 1. The molecule has 0 spiro atoms. The summed E-state index contributed by atoms with van der Waals surface area (Å²) in [5.41, 5.74) is 6.72. The number of ether oxygens (including phenoxy) is 1. The van der Waals surface area contributed by atoms with E-state index in [2.05, 4.69) is 4.74 Å². The Morgan fingerprint density at radius 2 is 2.07 bits per heavy atom. The summed E-state index contributed by atoms with van der Waals surface area (Å²) in [4.78, 5) is 10.9. The van der Waals surface area contributed by atoms with Gasteiger partial charge >= 0.3 is 5.97 Å². The van der Waals surface area contributed by atoms with Gasteiger partial charge in [0.05, 0.1) is 7.11 Å². The first-order valence-corrected chi connectivity index (χ1v) is 4.32. The smallest absolute Gasteiger partial charge is 0.353 e. The van der Waals surface area contributed by atoms with Crippen LogP contribution in [0.25, 0.3) is 0 Å². The van der Waals surface area contributed by atoms with E-state index in [1.807, 2.05) is 30.3 Å². The summed E-state index contributed by atoms with van der Waals surface area (Å²) < 4.78 is 4.47. The van der Waals surface area contributed by atoms with Crippen molar-refractivity contribution in [1.29, 1.82) is 0 Å². The summed E-state index contributed by atoms with van der Waals surface area (Å²) in [7, 11) is 1.31. The van der Waals surface area contributed by atoms with Gasteiger partial charge < -0.3 is 10.5 Å². The van der Waals surface area contributed by atoms with Crippen LogP contribution in [0.2, 0.25) is 0 Å². The summed E-state index contributed by atoms with van der Waals surface area (Å²) in [6.45, 7) is 0. The standard InChI is InChI=1S/C11H13NO2/c1-14-11(13)10(12)8-7-9-5-3-2-4-6-9/h2-6,8H,7,12H2,1H3. The van der Waals surface area contributed by atoms with E-state index in [1.54, 1.807) is 6.08 Å². The number of methoxy groups -OCH3 is 1. The molecule has 3 nitrogen and oxygen atoms in total. The second kappa shape index (κ2) is 5.07. The number of rotatable bonds is 3. The molecule has 0 heterocycles. The van der Waals surface area contributed by atoms with Crippen molar-refractivity contribution in [2.24, 2.45) is 5.73 Å². The highest BCUT2D eigenvalue weighted by Crippen LogP contribution is 2.01. The van der Waals surface area contributed by atoms with Gasteiger partial charge in [0, 0.05) is 0 Å². The lowest BCUT2D eigenvalue weighted by Gasteiger charge is -1.99. The van der Waals surface area contributed by atoms with Crippen LogP contribution in [0.15, 0.2) is 42.1 Å². The second-order valence-corrected chi connectivity index (χ2v) is 2.84. The number of allylic oxidation sites excluding steroid dienone is 1. The van der Waals surface area contributed by atoms with E-state index in [1.165, 1.54) is 7.11 Å². The van der Waals surface area contributed by atoms with Gasteiger partial charge in [-0.15, -0.1) is 0 Å². The molecule has 1 aromatic rings. The molecule has 0 unspecified atom stereocenters. The van der Waals surface area contributed by atoms with Crippen molar-refractivity contribution in [3.63, 3.8) is 0 Å². The minimum absolute atomic E-state index is 0.149. The fourth-order valence-corrected chi connectivity index (χ4v) is 1.04. The largest absolute Gasteiger partial charge is 0.464 e. The van der Waals surface area contributed by atoms with Gasteiger partial charge in [0.1, 0.15) is 5.70 Å². The van der Waals surface area contributed by atoms with Crippen LogP contribution < -0.4 is 5.73 Å². The molecule has 2 N–H and O–H groups in total. The predicted molar refractivity (Wildman–Crippen MR) is 54.4 cm³/mol. The van der Waals surface area contributed by atoms with Crippen LogP contribution >= 0.6 is 0 Å². The summed E-state index contributed by atoms with van der Waals surface area (Å²) in [6, 6.07) is 9.77. The summed E-state index contributed by atoms with van der Waals surface area (Å²) in [5, 5.41) is 0. The molecule has 0 saturated heterocycles. The number of nitrogens with two attached hydrogens (primary N) is 1. The Kier molecular flexibility index (Phi) is 3.73. The minimum atomic E-state index is -0.485. The van der Waals surface area contributed by atoms with Gasteiger partial charge in [-0.3, -0.25) is 0 Å². The topological polar surface area (TPSA) is 52.3 Å². The molecule has 3 heteroatoms. The highest BCUT2D eigenvalue weighted by Gasteiger charge is 2.02. The van der Waals surface area contributed by atoms with Crippen LogP contribution in [0.1, 0.15) is 5.56 Å². The Hall–Kier alpha value is -1.77. The summed E-state index contributed by atoms with van der Waals surface area (Å²) in [5.74, 6) is -0.485. The molecule has 0 atom stereocenters. The van der Waals surface area contributed by atoms with Gasteiger partial charge in [0.2, 0.25) is 0 Å². The number of carbonyl (C=O) groups excluding carboxylic acids is 1. The van der Waals surface area contributed by atoms with Crippen LogP contribution in [0.4, 0.5) is 0 Å². The zero-order valence-electron chi connectivity index (χ0n) is 8.07. The minimum Gasteiger partial charge on any atom is -0.464 e. The van der Waals surface area contributed by atoms with Crippen molar-refractivity contribution < 1.29 is 9.53 Å². The van der Waals surface area contributed by atoms with E-state index in [0.717, 1.165) is 5.56 Å². The van der Waals surface area contributed by atoms with Crippen molar-refractivity contribution in [3.8, 4) is 0 Å². The molecule has 0 aliphatic rings. The Bertz CT molecular complexity index is 330. The third kappa shape index (κ3) is 2.94. The Morgan fingerprint density at radius 1 is 1.43 bits per heavy atom. The summed E-state index contributed by atoms with van der Waals surface area (Å²) >= 11 is 0.